The second-order valence-electron chi connectivity index (χ2n) is 5.91. The van der Waals surface area contributed by atoms with E-state index in [0.29, 0.717) is 6.42 Å². The molecule has 0 bridgehead atoms. The molecule has 0 aliphatic heterocycles. The van der Waals surface area contributed by atoms with E-state index in [0.717, 1.165) is 35.7 Å². The summed E-state index contributed by atoms with van der Waals surface area (Å²) in [5.41, 5.74) is 7.13. The molecular formula is C16H23BrN2O. The molecule has 1 atom stereocenters. The van der Waals surface area contributed by atoms with Crippen molar-refractivity contribution in [3.63, 3.8) is 0 Å². The number of halogens is 1. The van der Waals surface area contributed by atoms with Gasteiger partial charge < -0.3 is 11.1 Å². The van der Waals surface area contributed by atoms with Gasteiger partial charge in [0.25, 0.3) is 0 Å². The molecule has 20 heavy (non-hydrogen) atoms. The first-order chi connectivity index (χ1) is 9.50. The monoisotopic (exact) mass is 338 g/mol. The Bertz CT molecular complexity index is 469. The number of nitrogens with one attached hydrogen (secondary N) is 1. The molecule has 3 nitrogen and oxygen atoms in total. The third-order valence-corrected chi connectivity index (χ3v) is 4.83. The highest BCUT2D eigenvalue weighted by atomic mass is 79.9. The van der Waals surface area contributed by atoms with Crippen LogP contribution in [0, 0.1) is 0 Å². The summed E-state index contributed by atoms with van der Waals surface area (Å²) in [6, 6.07) is 7.95. The summed E-state index contributed by atoms with van der Waals surface area (Å²) < 4.78 is 1.02. The van der Waals surface area contributed by atoms with Crippen LogP contribution >= 0.6 is 15.9 Å². The number of carbonyl (C=O) groups is 1. The van der Waals surface area contributed by atoms with Crippen molar-refractivity contribution >= 4 is 21.8 Å². The third kappa shape index (κ3) is 4.06. The third-order valence-electron chi connectivity index (χ3n) is 4.11. The van der Waals surface area contributed by atoms with Gasteiger partial charge in [-0.2, -0.15) is 0 Å². The molecule has 0 aromatic heterocycles. The largest absolute Gasteiger partial charge is 0.349 e. The highest BCUT2D eigenvalue weighted by Gasteiger charge is 2.30. The van der Waals surface area contributed by atoms with Crippen molar-refractivity contribution in [3.8, 4) is 0 Å². The zero-order valence-corrected chi connectivity index (χ0v) is 13.6. The van der Waals surface area contributed by atoms with Crippen LogP contribution in [0.5, 0.6) is 0 Å². The summed E-state index contributed by atoms with van der Waals surface area (Å²) in [5.74, 6) is 0.0534. The van der Waals surface area contributed by atoms with E-state index in [-0.39, 0.29) is 17.5 Å². The van der Waals surface area contributed by atoms with Gasteiger partial charge in [0.1, 0.15) is 0 Å². The molecule has 1 amide bonds. The van der Waals surface area contributed by atoms with Crippen LogP contribution < -0.4 is 11.1 Å². The van der Waals surface area contributed by atoms with E-state index in [4.69, 9.17) is 5.73 Å². The minimum atomic E-state index is -0.296. The Morgan fingerprint density at radius 2 is 2.00 bits per heavy atom. The van der Waals surface area contributed by atoms with Gasteiger partial charge in [0.15, 0.2) is 0 Å². The van der Waals surface area contributed by atoms with Crippen LogP contribution in [-0.4, -0.2) is 11.4 Å². The van der Waals surface area contributed by atoms with E-state index in [1.54, 1.807) is 0 Å². The van der Waals surface area contributed by atoms with Crippen LogP contribution in [0.15, 0.2) is 28.7 Å². The lowest BCUT2D eigenvalue weighted by molar-refractivity contribution is -0.123. The molecule has 4 heteroatoms. The van der Waals surface area contributed by atoms with Gasteiger partial charge in [0.2, 0.25) is 5.91 Å². The highest BCUT2D eigenvalue weighted by molar-refractivity contribution is 9.10. The number of benzene rings is 1. The van der Waals surface area contributed by atoms with Gasteiger partial charge in [-0.15, -0.1) is 0 Å². The Balaban J connectivity index is 1.92. The molecule has 1 aromatic carbocycles. The van der Waals surface area contributed by atoms with Crippen LogP contribution in [0.2, 0.25) is 0 Å². The molecule has 1 saturated carbocycles. The second kappa shape index (κ2) is 6.72. The van der Waals surface area contributed by atoms with Crippen LogP contribution in [0.3, 0.4) is 0 Å². The Labute approximate surface area is 129 Å². The van der Waals surface area contributed by atoms with Gasteiger partial charge in [0, 0.05) is 16.4 Å². The fourth-order valence-corrected chi connectivity index (χ4v) is 3.58. The smallest absolute Gasteiger partial charge is 0.222 e. The molecule has 0 radical (unpaired) electrons. The molecule has 1 aromatic rings. The standard InChI is InChI=1S/C16H23BrN2O/c1-12(13-7-3-4-8-14(13)17)19-15(20)11-16(18)9-5-2-6-10-16/h3-4,7-8,12H,2,5-6,9-11,18H2,1H3,(H,19,20)/t12-/m0/s1. The van der Waals surface area contributed by atoms with Crippen molar-refractivity contribution in [2.45, 2.75) is 57.0 Å². The van der Waals surface area contributed by atoms with Crippen molar-refractivity contribution < 1.29 is 4.79 Å². The second-order valence-corrected chi connectivity index (χ2v) is 6.76. The number of nitrogens with two attached hydrogens (primary N) is 1. The average Bonchev–Trinajstić information content (AvgIpc) is 2.39. The zero-order chi connectivity index (χ0) is 14.6. The quantitative estimate of drug-likeness (QED) is 0.879. The molecule has 0 saturated heterocycles. The van der Waals surface area contributed by atoms with Crippen LogP contribution in [-0.2, 0) is 4.79 Å². The van der Waals surface area contributed by atoms with Crippen molar-refractivity contribution in [1.29, 1.82) is 0 Å². The summed E-state index contributed by atoms with van der Waals surface area (Å²) in [6.45, 7) is 2.00. The number of hydrogen-bond donors (Lipinski definition) is 2. The van der Waals surface area contributed by atoms with Crippen LogP contribution in [0.25, 0.3) is 0 Å². The van der Waals surface area contributed by atoms with Gasteiger partial charge in [-0.1, -0.05) is 53.4 Å². The van der Waals surface area contributed by atoms with E-state index in [1.165, 1.54) is 6.42 Å². The average molecular weight is 339 g/mol. The molecule has 1 fully saturated rings. The molecule has 110 valence electrons. The Kier molecular flexibility index (Phi) is 5.22. The predicted octanol–water partition coefficient (Wildman–Crippen LogP) is 3.68. The van der Waals surface area contributed by atoms with Gasteiger partial charge >= 0.3 is 0 Å². The first kappa shape index (κ1) is 15.5. The minimum absolute atomic E-state index is 0.00901. The van der Waals surface area contributed by atoms with Crippen LogP contribution in [0.1, 0.15) is 57.1 Å². The Morgan fingerprint density at radius 1 is 1.35 bits per heavy atom. The summed E-state index contributed by atoms with van der Waals surface area (Å²) in [5, 5.41) is 3.06. The van der Waals surface area contributed by atoms with Crippen molar-refractivity contribution in [1.82, 2.24) is 5.32 Å². The molecular weight excluding hydrogens is 316 g/mol. The Morgan fingerprint density at radius 3 is 2.65 bits per heavy atom. The number of carbonyl (C=O) groups excluding carboxylic acids is 1. The molecule has 0 unspecified atom stereocenters. The molecule has 3 N–H and O–H groups in total. The van der Waals surface area contributed by atoms with E-state index >= 15 is 0 Å². The van der Waals surface area contributed by atoms with Crippen molar-refractivity contribution in [2.75, 3.05) is 0 Å². The molecule has 0 spiro atoms. The maximum Gasteiger partial charge on any atom is 0.222 e. The number of amides is 1. The molecule has 2 rings (SSSR count). The first-order valence-electron chi connectivity index (χ1n) is 7.33. The first-order valence-corrected chi connectivity index (χ1v) is 8.12. The lowest BCUT2D eigenvalue weighted by Crippen LogP contribution is -2.46. The lowest BCUT2D eigenvalue weighted by atomic mass is 9.80. The molecule has 0 heterocycles. The summed E-state index contributed by atoms with van der Waals surface area (Å²) >= 11 is 3.52. The number of rotatable bonds is 4. The van der Waals surface area contributed by atoms with E-state index in [9.17, 15) is 4.79 Å². The Hall–Kier alpha value is -0.870. The predicted molar refractivity (Wildman–Crippen MR) is 85.3 cm³/mol. The molecule has 1 aliphatic carbocycles. The fraction of sp³-hybridized carbons (Fsp3) is 0.562. The van der Waals surface area contributed by atoms with Crippen LogP contribution in [0.4, 0.5) is 0 Å². The lowest BCUT2D eigenvalue weighted by Gasteiger charge is -2.33. The van der Waals surface area contributed by atoms with Gasteiger partial charge in [-0.3, -0.25) is 4.79 Å². The van der Waals surface area contributed by atoms with E-state index < -0.39 is 0 Å². The van der Waals surface area contributed by atoms with Gasteiger partial charge in [-0.05, 0) is 31.4 Å². The van der Waals surface area contributed by atoms with E-state index in [1.807, 2.05) is 31.2 Å². The summed E-state index contributed by atoms with van der Waals surface area (Å²) in [4.78, 5) is 12.2. The van der Waals surface area contributed by atoms with Gasteiger partial charge in [-0.25, -0.2) is 0 Å². The van der Waals surface area contributed by atoms with Gasteiger partial charge in [0.05, 0.1) is 6.04 Å². The number of hydrogen-bond acceptors (Lipinski definition) is 2. The van der Waals surface area contributed by atoms with Crippen molar-refractivity contribution in [2.24, 2.45) is 5.73 Å². The summed E-state index contributed by atoms with van der Waals surface area (Å²) in [6.07, 6.45) is 5.89. The normalized spacial score (nSPS) is 19.4. The minimum Gasteiger partial charge on any atom is -0.349 e. The maximum absolute atomic E-state index is 12.2. The van der Waals surface area contributed by atoms with Crippen molar-refractivity contribution in [3.05, 3.63) is 34.3 Å². The highest BCUT2D eigenvalue weighted by Crippen LogP contribution is 2.29. The molecule has 1 aliphatic rings. The fourth-order valence-electron chi connectivity index (χ4n) is 2.95. The maximum atomic E-state index is 12.2. The van der Waals surface area contributed by atoms with E-state index in [2.05, 4.69) is 21.2 Å². The topological polar surface area (TPSA) is 55.1 Å². The summed E-state index contributed by atoms with van der Waals surface area (Å²) in [7, 11) is 0. The zero-order valence-electron chi connectivity index (χ0n) is 12.0. The SMILES string of the molecule is C[C@H](NC(=O)CC1(N)CCCCC1)c1ccccc1Br.